The number of cyclic esters (lactones) is 1. The van der Waals surface area contributed by atoms with Crippen molar-refractivity contribution >= 4 is 27.6 Å². The van der Waals surface area contributed by atoms with Gasteiger partial charge in [-0.1, -0.05) is 42.5 Å². The maximum atomic E-state index is 12.5. The van der Waals surface area contributed by atoms with Crippen LogP contribution in [0.2, 0.25) is 0 Å². The molecule has 0 saturated carbocycles. The molecule has 1 atom stereocenters. The van der Waals surface area contributed by atoms with E-state index in [1.165, 1.54) is 17.3 Å². The Hall–Kier alpha value is -2.49. The molecule has 0 radical (unpaired) electrons. The third-order valence-electron chi connectivity index (χ3n) is 5.92. The fraction of sp³-hybridized carbons (Fsp3) is 0.400. The molecule has 2 aromatic rings. The number of hydrogen-bond donors (Lipinski definition) is 1. The molecular formula is C25H29NO6S2. The Kier molecular flexibility index (Phi) is 8.18. The highest BCUT2D eigenvalue weighted by molar-refractivity contribution is 8.04. The van der Waals surface area contributed by atoms with E-state index in [1.54, 1.807) is 0 Å². The molecule has 4 rings (SSSR count). The van der Waals surface area contributed by atoms with Crippen molar-refractivity contribution in [3.63, 3.8) is 0 Å². The van der Waals surface area contributed by atoms with Crippen molar-refractivity contribution in [2.45, 2.75) is 18.9 Å². The van der Waals surface area contributed by atoms with Crippen molar-refractivity contribution in [1.29, 1.82) is 0 Å². The van der Waals surface area contributed by atoms with Crippen LogP contribution < -0.4 is 4.74 Å². The van der Waals surface area contributed by atoms with Crippen LogP contribution in [0.3, 0.4) is 0 Å². The number of esters is 1. The molecule has 2 aliphatic heterocycles. The summed E-state index contributed by atoms with van der Waals surface area (Å²) in [6.07, 6.45) is 0.518. The molecule has 0 aromatic heterocycles. The lowest BCUT2D eigenvalue weighted by Gasteiger charge is -2.26. The average Bonchev–Trinajstić information content (AvgIpc) is 2.83. The summed E-state index contributed by atoms with van der Waals surface area (Å²) >= 11 is 1.33. The van der Waals surface area contributed by atoms with Gasteiger partial charge < -0.3 is 14.6 Å². The molecule has 0 spiro atoms. The van der Waals surface area contributed by atoms with Crippen molar-refractivity contribution in [3.05, 3.63) is 76.4 Å². The number of thioether (sulfide) groups is 1. The van der Waals surface area contributed by atoms with Crippen LogP contribution in [-0.2, 0) is 25.8 Å². The first-order valence-electron chi connectivity index (χ1n) is 11.3. The van der Waals surface area contributed by atoms with Gasteiger partial charge in [-0.05, 0) is 29.7 Å². The first kappa shape index (κ1) is 24.6. The van der Waals surface area contributed by atoms with Gasteiger partial charge >= 0.3 is 5.97 Å². The number of aryl methyl sites for hydroxylation is 1. The Morgan fingerprint density at radius 3 is 2.44 bits per heavy atom. The second kappa shape index (κ2) is 11.3. The monoisotopic (exact) mass is 503 g/mol. The molecular weight excluding hydrogens is 474 g/mol. The van der Waals surface area contributed by atoms with Crippen molar-refractivity contribution < 1.29 is 27.8 Å². The van der Waals surface area contributed by atoms with Crippen LogP contribution in [0.4, 0.5) is 0 Å². The van der Waals surface area contributed by atoms with E-state index in [9.17, 15) is 18.3 Å². The van der Waals surface area contributed by atoms with Gasteiger partial charge in [-0.15, -0.1) is 11.8 Å². The van der Waals surface area contributed by atoms with Crippen LogP contribution in [0.25, 0.3) is 0 Å². The second-order valence-corrected chi connectivity index (χ2v) is 11.8. The number of carbonyl (C=O) groups is 1. The van der Waals surface area contributed by atoms with Gasteiger partial charge in [-0.3, -0.25) is 4.90 Å². The van der Waals surface area contributed by atoms with Gasteiger partial charge in [-0.2, -0.15) is 0 Å². The zero-order valence-corrected chi connectivity index (χ0v) is 20.5. The number of nitrogens with zero attached hydrogens (tertiary/aromatic N) is 1. The van der Waals surface area contributed by atoms with Crippen LogP contribution in [-0.4, -0.2) is 67.9 Å². The predicted molar refractivity (Wildman–Crippen MR) is 133 cm³/mol. The number of benzene rings is 2. The number of aliphatic hydroxyl groups excluding tert-OH is 1. The molecule has 182 valence electrons. The van der Waals surface area contributed by atoms with E-state index in [0.29, 0.717) is 37.7 Å². The van der Waals surface area contributed by atoms with E-state index < -0.39 is 21.9 Å². The minimum absolute atomic E-state index is 0.0724. The van der Waals surface area contributed by atoms with Crippen LogP contribution in [0.15, 0.2) is 65.3 Å². The first-order valence-corrected chi connectivity index (χ1v) is 14.2. The Labute approximate surface area is 204 Å². The zero-order chi connectivity index (χ0) is 24.0. The molecule has 2 aromatic carbocycles. The molecule has 2 aliphatic rings. The van der Waals surface area contributed by atoms with E-state index in [-0.39, 0.29) is 28.6 Å². The molecule has 9 heteroatoms. The lowest BCUT2D eigenvalue weighted by atomic mass is 10.0. The lowest BCUT2D eigenvalue weighted by Crippen LogP contribution is -2.42. The standard InChI is InChI=1S/C25H29NO6S2/c27-22-18-23(32-25(28)24(22)33-15-10-19-4-2-1-3-5-19)20-6-8-21(9-7-20)31-14-11-26-12-16-34(29,30)17-13-26/h1-9,23,27H,10-18H2. The van der Waals surface area contributed by atoms with E-state index in [1.807, 2.05) is 54.6 Å². The Bertz CT molecular complexity index is 1100. The largest absolute Gasteiger partial charge is 0.511 e. The molecule has 0 amide bonds. The topological polar surface area (TPSA) is 93.1 Å². The summed E-state index contributed by atoms with van der Waals surface area (Å²) in [7, 11) is -2.88. The Morgan fingerprint density at radius 1 is 1.06 bits per heavy atom. The molecule has 1 saturated heterocycles. The normalized spacial score (nSPS) is 20.7. The number of aliphatic hydroxyl groups is 1. The Morgan fingerprint density at radius 2 is 1.76 bits per heavy atom. The SMILES string of the molecule is O=C1OC(c2ccc(OCCN3CCS(=O)(=O)CC3)cc2)CC(O)=C1SCCc1ccccc1. The van der Waals surface area contributed by atoms with Crippen LogP contribution >= 0.6 is 11.8 Å². The van der Waals surface area contributed by atoms with Crippen molar-refractivity contribution in [3.8, 4) is 5.75 Å². The van der Waals surface area contributed by atoms with Gasteiger partial charge in [0.1, 0.15) is 29.1 Å². The third-order valence-corrected chi connectivity index (χ3v) is 8.63. The van der Waals surface area contributed by atoms with E-state index >= 15 is 0 Å². The molecule has 34 heavy (non-hydrogen) atoms. The molecule has 7 nitrogen and oxygen atoms in total. The highest BCUT2D eigenvalue weighted by Crippen LogP contribution is 2.36. The van der Waals surface area contributed by atoms with Gasteiger partial charge in [0.25, 0.3) is 0 Å². The maximum Gasteiger partial charge on any atom is 0.348 e. The maximum absolute atomic E-state index is 12.5. The number of rotatable bonds is 9. The third kappa shape index (κ3) is 6.77. The fourth-order valence-corrected chi connectivity index (χ4v) is 6.13. The number of ether oxygens (including phenoxy) is 2. The van der Waals surface area contributed by atoms with Crippen molar-refractivity contribution in [1.82, 2.24) is 4.90 Å². The van der Waals surface area contributed by atoms with E-state index in [4.69, 9.17) is 9.47 Å². The minimum atomic E-state index is -2.88. The molecule has 1 N–H and O–H groups in total. The molecule has 1 unspecified atom stereocenters. The van der Waals surface area contributed by atoms with Gasteiger partial charge in [0, 0.05) is 31.8 Å². The highest BCUT2D eigenvalue weighted by atomic mass is 32.2. The summed E-state index contributed by atoms with van der Waals surface area (Å²) in [6.45, 7) is 2.22. The van der Waals surface area contributed by atoms with Gasteiger partial charge in [-0.25, -0.2) is 13.2 Å². The number of sulfone groups is 1. The van der Waals surface area contributed by atoms with Gasteiger partial charge in [0.2, 0.25) is 0 Å². The predicted octanol–water partition coefficient (Wildman–Crippen LogP) is 3.53. The first-order chi connectivity index (χ1) is 16.4. The minimum Gasteiger partial charge on any atom is -0.511 e. The summed E-state index contributed by atoms with van der Waals surface area (Å²) in [4.78, 5) is 14.9. The fourth-order valence-electron chi connectivity index (χ4n) is 3.90. The molecule has 0 aliphatic carbocycles. The van der Waals surface area contributed by atoms with Crippen molar-refractivity contribution in [2.75, 3.05) is 43.5 Å². The van der Waals surface area contributed by atoms with E-state index in [0.717, 1.165) is 12.0 Å². The smallest absolute Gasteiger partial charge is 0.348 e. The van der Waals surface area contributed by atoms with Crippen molar-refractivity contribution in [2.24, 2.45) is 0 Å². The summed E-state index contributed by atoms with van der Waals surface area (Å²) in [5.41, 5.74) is 1.98. The number of carbonyl (C=O) groups excluding carboxylic acids is 1. The number of hydrogen-bond acceptors (Lipinski definition) is 8. The van der Waals surface area contributed by atoms with Crippen LogP contribution in [0, 0.1) is 0 Å². The molecule has 2 heterocycles. The van der Waals surface area contributed by atoms with E-state index in [2.05, 4.69) is 4.90 Å². The summed E-state index contributed by atoms with van der Waals surface area (Å²) in [5, 5.41) is 10.5. The quantitative estimate of drug-likeness (QED) is 0.520. The summed E-state index contributed by atoms with van der Waals surface area (Å²) < 4.78 is 34.4. The van der Waals surface area contributed by atoms with Crippen LogP contribution in [0.1, 0.15) is 23.7 Å². The van der Waals surface area contributed by atoms with Crippen LogP contribution in [0.5, 0.6) is 5.75 Å². The Balaban J connectivity index is 1.24. The lowest BCUT2D eigenvalue weighted by molar-refractivity contribution is -0.146. The zero-order valence-electron chi connectivity index (χ0n) is 18.9. The average molecular weight is 504 g/mol. The molecule has 1 fully saturated rings. The molecule has 0 bridgehead atoms. The summed E-state index contributed by atoms with van der Waals surface area (Å²) in [5.74, 6) is 1.36. The second-order valence-electron chi connectivity index (χ2n) is 8.37. The van der Waals surface area contributed by atoms with Gasteiger partial charge in [0.15, 0.2) is 9.84 Å². The summed E-state index contributed by atoms with van der Waals surface area (Å²) in [6, 6.07) is 17.3. The highest BCUT2D eigenvalue weighted by Gasteiger charge is 2.30. The van der Waals surface area contributed by atoms with Gasteiger partial charge in [0.05, 0.1) is 11.5 Å².